The van der Waals surface area contributed by atoms with E-state index in [9.17, 15) is 0 Å². The van der Waals surface area contributed by atoms with Gasteiger partial charge in [-0.05, 0) is 44.2 Å². The second-order valence-corrected chi connectivity index (χ2v) is 6.42. The predicted octanol–water partition coefficient (Wildman–Crippen LogP) is 2.08. The fraction of sp³-hybridized carbons (Fsp3) is 0.833. The number of nitrogens with zero attached hydrogens (tertiary/aromatic N) is 3. The highest BCUT2D eigenvalue weighted by molar-refractivity contribution is 7.15. The highest BCUT2D eigenvalue weighted by Gasteiger charge is 2.20. The normalized spacial score (nSPS) is 22.1. The Hall–Kier alpha value is -0.720. The van der Waals surface area contributed by atoms with Crippen LogP contribution in [0.1, 0.15) is 38.1 Å². The van der Waals surface area contributed by atoms with Gasteiger partial charge in [-0.3, -0.25) is 10.3 Å². The molecule has 102 valence electrons. The van der Waals surface area contributed by atoms with E-state index in [-0.39, 0.29) is 0 Å². The molecule has 18 heavy (non-hydrogen) atoms. The van der Waals surface area contributed by atoms with Crippen LogP contribution in [0, 0.1) is 11.8 Å². The lowest BCUT2D eigenvalue weighted by molar-refractivity contribution is 0.264. The van der Waals surface area contributed by atoms with E-state index in [1.54, 1.807) is 11.3 Å². The molecule has 0 saturated carbocycles. The van der Waals surface area contributed by atoms with Crippen LogP contribution in [0.15, 0.2) is 0 Å². The molecule has 0 spiro atoms. The van der Waals surface area contributed by atoms with Crippen LogP contribution in [-0.2, 0) is 6.54 Å². The molecule has 0 radical (unpaired) electrons. The minimum absolute atomic E-state index is 0.694. The fourth-order valence-corrected chi connectivity index (χ4v) is 3.27. The van der Waals surface area contributed by atoms with Gasteiger partial charge in [-0.2, -0.15) is 0 Å². The summed E-state index contributed by atoms with van der Waals surface area (Å²) in [4.78, 5) is 2.49. The van der Waals surface area contributed by atoms with Crippen molar-refractivity contribution in [2.45, 2.75) is 39.7 Å². The van der Waals surface area contributed by atoms with Crippen LogP contribution in [-0.4, -0.2) is 28.2 Å². The molecule has 1 aliphatic rings. The Morgan fingerprint density at radius 3 is 2.89 bits per heavy atom. The van der Waals surface area contributed by atoms with Crippen LogP contribution in [0.3, 0.4) is 0 Å². The first-order valence-corrected chi connectivity index (χ1v) is 7.52. The third kappa shape index (κ3) is 3.63. The Morgan fingerprint density at radius 1 is 1.39 bits per heavy atom. The highest BCUT2D eigenvalue weighted by Crippen LogP contribution is 2.25. The molecule has 1 saturated heterocycles. The van der Waals surface area contributed by atoms with Crippen molar-refractivity contribution >= 4 is 16.5 Å². The van der Waals surface area contributed by atoms with Crippen molar-refractivity contribution in [1.29, 1.82) is 0 Å². The van der Waals surface area contributed by atoms with Crippen LogP contribution in [0.2, 0.25) is 0 Å². The lowest BCUT2D eigenvalue weighted by Gasteiger charge is -2.20. The number of hydrogen-bond donors (Lipinski definition) is 2. The topological polar surface area (TPSA) is 67.1 Å². The average Bonchev–Trinajstić information content (AvgIpc) is 2.66. The Bertz CT molecular complexity index is 365. The van der Waals surface area contributed by atoms with Crippen molar-refractivity contribution in [3.8, 4) is 0 Å². The van der Waals surface area contributed by atoms with Gasteiger partial charge < -0.3 is 0 Å². The number of nitrogen functional groups attached to an aromatic ring is 1. The first kappa shape index (κ1) is 13.7. The summed E-state index contributed by atoms with van der Waals surface area (Å²) in [5.41, 5.74) is 2.55. The van der Waals surface area contributed by atoms with Gasteiger partial charge in [0.1, 0.15) is 5.01 Å². The minimum atomic E-state index is 0.694. The second-order valence-electron chi connectivity index (χ2n) is 5.36. The third-order valence-electron chi connectivity index (χ3n) is 3.76. The average molecular weight is 269 g/mol. The van der Waals surface area contributed by atoms with Gasteiger partial charge in [-0.15, -0.1) is 10.2 Å². The number of hydrogen-bond acceptors (Lipinski definition) is 6. The summed E-state index contributed by atoms with van der Waals surface area (Å²) in [6.07, 6.45) is 3.96. The summed E-state index contributed by atoms with van der Waals surface area (Å²) in [7, 11) is 0. The number of hydrazine groups is 1. The largest absolute Gasteiger partial charge is 0.298 e. The summed E-state index contributed by atoms with van der Waals surface area (Å²) >= 11 is 1.54. The molecule has 2 heterocycles. The van der Waals surface area contributed by atoms with E-state index in [2.05, 4.69) is 34.4 Å². The molecular formula is C12H23N5S. The van der Waals surface area contributed by atoms with Gasteiger partial charge in [-0.25, -0.2) is 5.84 Å². The number of nitrogens with two attached hydrogens (primary N) is 1. The molecule has 3 N–H and O–H groups in total. The van der Waals surface area contributed by atoms with E-state index in [1.807, 2.05) is 0 Å². The number of likely N-dealkylation sites (tertiary alicyclic amines) is 1. The summed E-state index contributed by atoms with van der Waals surface area (Å²) in [6, 6.07) is 0. The van der Waals surface area contributed by atoms with Crippen LogP contribution < -0.4 is 11.3 Å². The van der Waals surface area contributed by atoms with Gasteiger partial charge in [0.2, 0.25) is 5.13 Å². The van der Waals surface area contributed by atoms with Gasteiger partial charge in [0.05, 0.1) is 6.54 Å². The zero-order valence-corrected chi connectivity index (χ0v) is 12.0. The predicted molar refractivity (Wildman–Crippen MR) is 75.2 cm³/mol. The lowest BCUT2D eigenvalue weighted by atomic mass is 9.89. The molecule has 5 nitrogen and oxygen atoms in total. The number of rotatable bonds is 4. The Labute approximate surface area is 113 Å². The van der Waals surface area contributed by atoms with Crippen molar-refractivity contribution in [3.05, 3.63) is 5.01 Å². The van der Waals surface area contributed by atoms with E-state index in [0.29, 0.717) is 5.13 Å². The van der Waals surface area contributed by atoms with Crippen molar-refractivity contribution in [2.75, 3.05) is 18.5 Å². The summed E-state index contributed by atoms with van der Waals surface area (Å²) in [5, 5.41) is 9.86. The first-order valence-electron chi connectivity index (χ1n) is 6.70. The first-order chi connectivity index (χ1) is 8.69. The van der Waals surface area contributed by atoms with Gasteiger partial charge in [0.25, 0.3) is 0 Å². The highest BCUT2D eigenvalue weighted by atomic mass is 32.1. The molecule has 0 aromatic carbocycles. The second kappa shape index (κ2) is 6.45. The van der Waals surface area contributed by atoms with E-state index < -0.39 is 0 Å². The van der Waals surface area contributed by atoms with E-state index in [1.165, 1.54) is 32.4 Å². The van der Waals surface area contributed by atoms with Crippen LogP contribution in [0.5, 0.6) is 0 Å². The maximum atomic E-state index is 5.32. The molecule has 1 unspecified atom stereocenters. The smallest absolute Gasteiger partial charge is 0.219 e. The van der Waals surface area contributed by atoms with E-state index in [0.717, 1.165) is 23.4 Å². The zero-order valence-electron chi connectivity index (χ0n) is 11.2. The van der Waals surface area contributed by atoms with Crippen LogP contribution >= 0.6 is 11.3 Å². The Kier molecular flexibility index (Phi) is 4.91. The number of anilines is 1. The maximum Gasteiger partial charge on any atom is 0.219 e. The third-order valence-corrected chi connectivity index (χ3v) is 4.60. The van der Waals surface area contributed by atoms with Crippen molar-refractivity contribution in [1.82, 2.24) is 15.1 Å². The molecule has 1 aromatic rings. The van der Waals surface area contributed by atoms with Gasteiger partial charge in [-0.1, -0.05) is 25.2 Å². The molecule has 6 heteroatoms. The van der Waals surface area contributed by atoms with Gasteiger partial charge in [0.15, 0.2) is 0 Å². The molecule has 0 amide bonds. The summed E-state index contributed by atoms with van der Waals surface area (Å²) < 4.78 is 0. The van der Waals surface area contributed by atoms with Crippen molar-refractivity contribution in [3.63, 3.8) is 0 Å². The number of aromatic nitrogens is 2. The summed E-state index contributed by atoms with van der Waals surface area (Å²) in [5.74, 6) is 7.00. The Balaban J connectivity index is 1.86. The van der Waals surface area contributed by atoms with Crippen LogP contribution in [0.4, 0.5) is 5.13 Å². The summed E-state index contributed by atoms with van der Waals surface area (Å²) in [6.45, 7) is 7.93. The molecular weight excluding hydrogens is 246 g/mol. The lowest BCUT2D eigenvalue weighted by Crippen LogP contribution is -2.24. The molecule has 1 aliphatic heterocycles. The molecule has 2 rings (SSSR count). The number of nitrogens with one attached hydrogen (secondary N) is 1. The molecule has 1 atom stereocenters. The maximum absolute atomic E-state index is 5.32. The van der Waals surface area contributed by atoms with Gasteiger partial charge in [0, 0.05) is 0 Å². The molecule has 0 aliphatic carbocycles. The molecule has 1 aromatic heterocycles. The fourth-order valence-electron chi connectivity index (χ4n) is 2.57. The Morgan fingerprint density at radius 2 is 2.22 bits per heavy atom. The zero-order chi connectivity index (χ0) is 13.0. The van der Waals surface area contributed by atoms with Gasteiger partial charge >= 0.3 is 0 Å². The molecule has 0 bridgehead atoms. The SMILES string of the molecule is CC(C)C1CCCN(Cc2nnc(NN)s2)CC1. The van der Waals surface area contributed by atoms with Crippen molar-refractivity contribution < 1.29 is 0 Å². The monoisotopic (exact) mass is 269 g/mol. The standard InChI is InChI=1S/C12H23N5S/c1-9(2)10-4-3-6-17(7-5-10)8-11-15-16-12(14-13)18-11/h9-10H,3-8,13H2,1-2H3,(H,14,16). The minimum Gasteiger partial charge on any atom is -0.298 e. The van der Waals surface area contributed by atoms with Crippen molar-refractivity contribution in [2.24, 2.45) is 17.7 Å². The van der Waals surface area contributed by atoms with E-state index in [4.69, 9.17) is 5.84 Å². The molecule has 1 fully saturated rings. The van der Waals surface area contributed by atoms with E-state index >= 15 is 0 Å². The van der Waals surface area contributed by atoms with Crippen LogP contribution in [0.25, 0.3) is 0 Å². The quantitative estimate of drug-likeness (QED) is 0.647.